The maximum atomic E-state index is 13.7. The fraction of sp³-hybridized carbons (Fsp3) is 0.156. The zero-order valence-electron chi connectivity index (χ0n) is 23.9. The number of fused-ring (bicyclic) bond motifs is 1. The van der Waals surface area contributed by atoms with E-state index in [1.807, 2.05) is 0 Å². The molecule has 0 bridgehead atoms. The number of sulfonamides is 1. The van der Waals surface area contributed by atoms with Crippen molar-refractivity contribution in [2.45, 2.75) is 12.8 Å². The second kappa shape index (κ2) is 11.9. The molecule has 2 N–H and O–H groups in total. The number of aromatic hydroxyl groups is 1. The van der Waals surface area contributed by atoms with Gasteiger partial charge in [-0.05, 0) is 66.6 Å². The molecular weight excluding hydrogens is 592 g/mol. The average molecular weight is 620 g/mol. The van der Waals surface area contributed by atoms with E-state index in [2.05, 4.69) is 10.3 Å². The summed E-state index contributed by atoms with van der Waals surface area (Å²) in [6, 6.07) is 16.7. The Balaban J connectivity index is 1.67. The second-order valence-corrected chi connectivity index (χ2v) is 12.1. The van der Waals surface area contributed by atoms with Crippen molar-refractivity contribution in [1.82, 2.24) is 10.3 Å². The van der Waals surface area contributed by atoms with E-state index in [0.29, 0.717) is 10.9 Å². The van der Waals surface area contributed by atoms with Gasteiger partial charge in [0, 0.05) is 43.1 Å². The molecule has 0 radical (unpaired) electrons. The SMILES string of the molecule is CNC(=O)c1c(-c2ccc(F)cc2)oc2cc(N(C)S(C)(=O)=O)c(-c3ccc(O)c(C(=O)CCc4ccc(F)cc4)n3)cc12. The van der Waals surface area contributed by atoms with Crippen LogP contribution in [-0.4, -0.2) is 50.5 Å². The van der Waals surface area contributed by atoms with E-state index in [-0.39, 0.29) is 58.1 Å². The first-order chi connectivity index (χ1) is 20.9. The number of hydrogen-bond donors (Lipinski definition) is 2. The number of nitrogens with zero attached hydrogens (tertiary/aromatic N) is 2. The Bertz CT molecular complexity index is 2010. The number of ketones is 1. The van der Waals surface area contributed by atoms with Gasteiger partial charge >= 0.3 is 0 Å². The van der Waals surface area contributed by atoms with Crippen molar-refractivity contribution in [3.8, 4) is 28.3 Å². The van der Waals surface area contributed by atoms with Crippen LogP contribution in [0.25, 0.3) is 33.6 Å². The summed E-state index contributed by atoms with van der Waals surface area (Å²) in [6.45, 7) is 0. The summed E-state index contributed by atoms with van der Waals surface area (Å²) >= 11 is 0. The van der Waals surface area contributed by atoms with Crippen LogP contribution in [0.15, 0.2) is 77.2 Å². The van der Waals surface area contributed by atoms with E-state index in [4.69, 9.17) is 4.42 Å². The molecular formula is C32H27F2N3O6S. The molecule has 226 valence electrons. The number of carbonyl (C=O) groups excluding carboxylic acids is 2. The van der Waals surface area contributed by atoms with Gasteiger partial charge in [0.25, 0.3) is 5.91 Å². The van der Waals surface area contributed by atoms with Gasteiger partial charge in [-0.25, -0.2) is 22.2 Å². The van der Waals surface area contributed by atoms with Crippen LogP contribution in [-0.2, 0) is 16.4 Å². The molecule has 3 aromatic carbocycles. The van der Waals surface area contributed by atoms with Crippen molar-refractivity contribution < 1.29 is 36.3 Å². The summed E-state index contributed by atoms with van der Waals surface area (Å²) in [4.78, 5) is 30.7. The quantitative estimate of drug-likeness (QED) is 0.202. The molecule has 0 aliphatic carbocycles. The number of halogens is 2. The van der Waals surface area contributed by atoms with Crippen LogP contribution in [0, 0.1) is 11.6 Å². The largest absolute Gasteiger partial charge is 0.506 e. The number of nitrogens with one attached hydrogen (secondary N) is 1. The van der Waals surface area contributed by atoms with Crippen molar-refractivity contribution in [3.63, 3.8) is 0 Å². The summed E-state index contributed by atoms with van der Waals surface area (Å²) in [7, 11) is -1.04. The van der Waals surface area contributed by atoms with Gasteiger partial charge in [0.1, 0.15) is 34.4 Å². The lowest BCUT2D eigenvalue weighted by atomic mass is 10.00. The molecule has 44 heavy (non-hydrogen) atoms. The van der Waals surface area contributed by atoms with Crippen LogP contribution < -0.4 is 9.62 Å². The Kier molecular flexibility index (Phi) is 8.20. The summed E-state index contributed by atoms with van der Waals surface area (Å²) in [5.74, 6) is -2.10. The summed E-state index contributed by atoms with van der Waals surface area (Å²) in [5.41, 5.74) is 1.70. The third-order valence-corrected chi connectivity index (χ3v) is 8.36. The molecule has 0 fully saturated rings. The lowest BCUT2D eigenvalue weighted by Crippen LogP contribution is -2.25. The molecule has 0 aliphatic rings. The van der Waals surface area contributed by atoms with Crippen LogP contribution in [0.5, 0.6) is 5.75 Å². The number of hydrogen-bond acceptors (Lipinski definition) is 7. The van der Waals surface area contributed by atoms with Gasteiger partial charge in [0.05, 0.1) is 23.2 Å². The number of furan rings is 1. The minimum absolute atomic E-state index is 0.0334. The molecule has 0 atom stereocenters. The predicted octanol–water partition coefficient (Wildman–Crippen LogP) is 5.72. The van der Waals surface area contributed by atoms with Gasteiger partial charge in [0.15, 0.2) is 5.78 Å². The number of carbonyl (C=O) groups is 2. The van der Waals surface area contributed by atoms with Crippen molar-refractivity contribution in [3.05, 3.63) is 101 Å². The van der Waals surface area contributed by atoms with Crippen LogP contribution in [0.2, 0.25) is 0 Å². The number of Topliss-reactive ketones (excluding diaryl/α,β-unsaturated/α-hetero) is 1. The predicted molar refractivity (Wildman–Crippen MR) is 162 cm³/mol. The summed E-state index contributed by atoms with van der Waals surface area (Å²) < 4.78 is 59.3. The zero-order chi connectivity index (χ0) is 31.8. The highest BCUT2D eigenvalue weighted by Gasteiger charge is 2.27. The topological polar surface area (TPSA) is 130 Å². The van der Waals surface area contributed by atoms with Gasteiger partial charge in [-0.1, -0.05) is 12.1 Å². The minimum Gasteiger partial charge on any atom is -0.506 e. The van der Waals surface area contributed by atoms with E-state index in [0.717, 1.165) is 16.1 Å². The minimum atomic E-state index is -3.81. The number of pyridine rings is 1. The van der Waals surface area contributed by atoms with Crippen LogP contribution in [0.1, 0.15) is 32.8 Å². The maximum absolute atomic E-state index is 13.7. The van der Waals surface area contributed by atoms with E-state index in [1.54, 1.807) is 12.1 Å². The first-order valence-corrected chi connectivity index (χ1v) is 15.2. The van der Waals surface area contributed by atoms with Gasteiger partial charge in [0.2, 0.25) is 10.0 Å². The van der Waals surface area contributed by atoms with E-state index in [9.17, 15) is 31.9 Å². The first-order valence-electron chi connectivity index (χ1n) is 13.4. The zero-order valence-corrected chi connectivity index (χ0v) is 24.7. The second-order valence-electron chi connectivity index (χ2n) is 10.1. The molecule has 0 unspecified atom stereocenters. The molecule has 0 saturated heterocycles. The van der Waals surface area contributed by atoms with E-state index in [1.165, 1.54) is 74.8 Å². The number of anilines is 1. The molecule has 2 aromatic heterocycles. The third-order valence-electron chi connectivity index (χ3n) is 7.17. The van der Waals surface area contributed by atoms with Gasteiger partial charge in [-0.15, -0.1) is 0 Å². The fourth-order valence-electron chi connectivity index (χ4n) is 4.77. The van der Waals surface area contributed by atoms with Crippen molar-refractivity contribution >= 4 is 38.4 Å². The Hall–Kier alpha value is -5.10. The van der Waals surface area contributed by atoms with Crippen molar-refractivity contribution in [1.29, 1.82) is 0 Å². The Morgan fingerprint density at radius 1 is 0.977 bits per heavy atom. The molecule has 1 amide bonds. The summed E-state index contributed by atoms with van der Waals surface area (Å²) in [5, 5.41) is 13.4. The van der Waals surface area contributed by atoms with Crippen molar-refractivity contribution in [2.75, 3.05) is 24.7 Å². The third kappa shape index (κ3) is 6.02. The monoisotopic (exact) mass is 619 g/mol. The highest BCUT2D eigenvalue weighted by molar-refractivity contribution is 7.92. The molecule has 2 heterocycles. The van der Waals surface area contributed by atoms with Crippen molar-refractivity contribution in [2.24, 2.45) is 0 Å². The smallest absolute Gasteiger partial charge is 0.255 e. The Morgan fingerprint density at radius 2 is 1.61 bits per heavy atom. The standard InChI is InChI=1S/C32H27F2N3O6S/c1-35-32(40)29-23-16-22(24-13-15-27(39)30(36-24)26(38)14-6-18-4-9-20(33)10-5-18)25(37(2)44(3,41)42)17-28(23)43-31(29)19-7-11-21(34)12-8-19/h4-5,7-13,15-17,39H,6,14H2,1-3H3,(H,35,40). The number of rotatable bonds is 9. The lowest BCUT2D eigenvalue weighted by molar-refractivity contribution is 0.0960. The molecule has 12 heteroatoms. The van der Waals surface area contributed by atoms with Gasteiger partial charge in [-0.3, -0.25) is 13.9 Å². The first kappa shape index (κ1) is 30.4. The van der Waals surface area contributed by atoms with E-state index >= 15 is 0 Å². The normalized spacial score (nSPS) is 11.5. The molecule has 5 rings (SSSR count). The number of benzene rings is 3. The number of aryl methyl sites for hydroxylation is 1. The number of amides is 1. The molecule has 9 nitrogen and oxygen atoms in total. The Labute approximate surface area is 251 Å². The Morgan fingerprint density at radius 3 is 2.23 bits per heavy atom. The highest BCUT2D eigenvalue weighted by atomic mass is 32.2. The molecule has 0 spiro atoms. The number of aromatic nitrogens is 1. The van der Waals surface area contributed by atoms with Gasteiger partial charge in [-0.2, -0.15) is 0 Å². The summed E-state index contributed by atoms with van der Waals surface area (Å²) in [6.07, 6.45) is 1.25. The highest BCUT2D eigenvalue weighted by Crippen LogP contribution is 2.41. The van der Waals surface area contributed by atoms with E-state index < -0.39 is 33.3 Å². The van der Waals surface area contributed by atoms with Crippen LogP contribution in [0.4, 0.5) is 14.5 Å². The van der Waals surface area contributed by atoms with Crippen LogP contribution >= 0.6 is 0 Å². The molecule has 0 saturated carbocycles. The molecule has 0 aliphatic heterocycles. The fourth-order valence-corrected chi connectivity index (χ4v) is 5.27. The van der Waals surface area contributed by atoms with Gasteiger partial charge < -0.3 is 14.8 Å². The lowest BCUT2D eigenvalue weighted by Gasteiger charge is -2.20. The average Bonchev–Trinajstić information content (AvgIpc) is 3.37. The van der Waals surface area contributed by atoms with Crippen LogP contribution in [0.3, 0.4) is 0 Å². The maximum Gasteiger partial charge on any atom is 0.255 e. The molecule has 5 aromatic rings.